The molecule has 1 heterocycles. The van der Waals surface area contributed by atoms with E-state index in [2.05, 4.69) is 20.8 Å². The average Bonchev–Trinajstić information content (AvgIpc) is 2.51. The molecule has 0 bridgehead atoms. The Morgan fingerprint density at radius 3 is 2.32 bits per heavy atom. The van der Waals surface area contributed by atoms with Crippen LogP contribution in [0.5, 0.6) is 0 Å². The molecule has 0 amide bonds. The average molecular weight is 330 g/mol. The van der Waals surface area contributed by atoms with Gasteiger partial charge in [-0.05, 0) is 19.1 Å². The second-order valence-corrected chi connectivity index (χ2v) is 6.89. The number of thioether (sulfide) groups is 1. The summed E-state index contributed by atoms with van der Waals surface area (Å²) in [5.41, 5.74) is 0. The van der Waals surface area contributed by atoms with Crippen LogP contribution in [-0.2, 0) is 18.8 Å². The molecule has 0 N–H and O–H groups in total. The van der Waals surface area contributed by atoms with Gasteiger partial charge in [-0.2, -0.15) is 11.8 Å². The van der Waals surface area contributed by atoms with Crippen molar-refractivity contribution in [1.29, 1.82) is 0 Å². The first-order valence-electron chi connectivity index (χ1n) is 8.77. The summed E-state index contributed by atoms with van der Waals surface area (Å²) < 4.78 is 24.3. The van der Waals surface area contributed by atoms with Crippen LogP contribution in [0.4, 0.5) is 0 Å². The Balaban J connectivity index is 2.79. The minimum atomic E-state index is -0.0501. The van der Waals surface area contributed by atoms with Gasteiger partial charge in [0.2, 0.25) is 0 Å². The molecule has 4 nitrogen and oxygen atoms in total. The van der Waals surface area contributed by atoms with E-state index in [4.69, 9.17) is 18.8 Å². The minimum absolute atomic E-state index is 0.0348. The lowest BCUT2D eigenvalue weighted by Gasteiger charge is -2.46. The fourth-order valence-electron chi connectivity index (χ4n) is 2.84. The minimum Gasteiger partial charge on any atom is -0.432 e. The first-order valence-corrected chi connectivity index (χ1v) is 9.92. The largest absolute Gasteiger partial charge is 0.432 e. The second kappa shape index (κ2) is 11.8. The van der Waals surface area contributed by atoms with E-state index in [0.717, 1.165) is 31.0 Å². The Morgan fingerprint density at radius 2 is 1.73 bits per heavy atom. The SMILES string of the molecule is CBOC1C(CSCC)O[C@@H](C)C(OCCCC)C1OBC. The molecule has 0 spiro atoms. The van der Waals surface area contributed by atoms with Crippen molar-refractivity contribution in [3.05, 3.63) is 0 Å². The normalized spacial score (nSPS) is 32.0. The Morgan fingerprint density at radius 1 is 1.05 bits per heavy atom. The molecule has 5 atom stereocenters. The van der Waals surface area contributed by atoms with Crippen LogP contribution in [0.3, 0.4) is 0 Å². The molecular weight excluding hydrogens is 298 g/mol. The molecule has 4 unspecified atom stereocenters. The van der Waals surface area contributed by atoms with Crippen molar-refractivity contribution in [2.24, 2.45) is 0 Å². The van der Waals surface area contributed by atoms with Crippen molar-refractivity contribution in [3.8, 4) is 0 Å². The van der Waals surface area contributed by atoms with E-state index in [-0.39, 0.29) is 30.5 Å². The molecule has 7 heteroatoms. The summed E-state index contributed by atoms with van der Waals surface area (Å²) in [5.74, 6) is 2.03. The molecule has 1 saturated heterocycles. The van der Waals surface area contributed by atoms with Crippen molar-refractivity contribution in [1.82, 2.24) is 0 Å². The molecule has 0 aliphatic carbocycles. The van der Waals surface area contributed by atoms with Crippen LogP contribution in [0.2, 0.25) is 13.6 Å². The Kier molecular flexibility index (Phi) is 10.9. The quantitative estimate of drug-likeness (QED) is 0.429. The summed E-state index contributed by atoms with van der Waals surface area (Å²) in [5, 5.41) is 0. The Bertz CT molecular complexity index is 286. The summed E-state index contributed by atoms with van der Waals surface area (Å²) in [6, 6.07) is 0. The van der Waals surface area contributed by atoms with E-state index in [1.54, 1.807) is 0 Å². The summed E-state index contributed by atoms with van der Waals surface area (Å²) >= 11 is 1.89. The van der Waals surface area contributed by atoms with Crippen molar-refractivity contribution in [2.75, 3.05) is 18.1 Å². The van der Waals surface area contributed by atoms with Crippen LogP contribution in [0, 0.1) is 0 Å². The molecule has 0 aromatic rings. The standard InChI is InChI=1S/C15H32B2O4S/c1-6-8-9-18-13-11(3)19-12(10-22-7-2)14(20-16-4)15(13)21-17-5/h11-17H,6-10H2,1-5H3/t11-,12?,13?,14?,15?/m0/s1. The van der Waals surface area contributed by atoms with Crippen LogP contribution >= 0.6 is 11.8 Å². The molecule has 0 aromatic heterocycles. The molecule has 1 rings (SSSR count). The third-order valence-electron chi connectivity index (χ3n) is 3.88. The topological polar surface area (TPSA) is 36.9 Å². The first kappa shape index (κ1) is 20.4. The fraction of sp³-hybridized carbons (Fsp3) is 1.00. The highest BCUT2D eigenvalue weighted by Gasteiger charge is 2.45. The molecule has 1 aliphatic rings. The lowest BCUT2D eigenvalue weighted by Crippen LogP contribution is -2.60. The third kappa shape index (κ3) is 6.08. The highest BCUT2D eigenvalue weighted by atomic mass is 32.2. The maximum absolute atomic E-state index is 6.22. The van der Waals surface area contributed by atoms with Crippen LogP contribution in [0.25, 0.3) is 0 Å². The van der Waals surface area contributed by atoms with Crippen LogP contribution < -0.4 is 0 Å². The van der Waals surface area contributed by atoms with Gasteiger partial charge in [-0.15, -0.1) is 0 Å². The van der Waals surface area contributed by atoms with Crippen molar-refractivity contribution >= 4 is 26.7 Å². The van der Waals surface area contributed by atoms with Gasteiger partial charge in [-0.3, -0.25) is 0 Å². The first-order chi connectivity index (χ1) is 10.7. The van der Waals surface area contributed by atoms with E-state index in [1.807, 2.05) is 25.4 Å². The lowest BCUT2D eigenvalue weighted by atomic mass is 9.91. The smallest absolute Gasteiger partial charge is 0.272 e. The van der Waals surface area contributed by atoms with Crippen molar-refractivity contribution in [3.63, 3.8) is 0 Å². The number of hydrogen-bond acceptors (Lipinski definition) is 5. The van der Waals surface area contributed by atoms with Crippen molar-refractivity contribution < 1.29 is 18.8 Å². The summed E-state index contributed by atoms with van der Waals surface area (Å²) in [7, 11) is 1.34. The number of rotatable bonds is 11. The number of hydrogen-bond donors (Lipinski definition) is 0. The van der Waals surface area contributed by atoms with E-state index >= 15 is 0 Å². The van der Waals surface area contributed by atoms with Gasteiger partial charge in [0.1, 0.15) is 6.10 Å². The van der Waals surface area contributed by atoms with E-state index in [0.29, 0.717) is 15.0 Å². The van der Waals surface area contributed by atoms with Crippen LogP contribution in [-0.4, -0.2) is 63.6 Å². The zero-order valence-corrected chi connectivity index (χ0v) is 15.7. The molecule has 1 fully saturated rings. The molecular formula is C15H32B2O4S. The van der Waals surface area contributed by atoms with Gasteiger partial charge >= 0.3 is 0 Å². The molecule has 128 valence electrons. The van der Waals surface area contributed by atoms with Gasteiger partial charge in [0.05, 0.1) is 24.4 Å². The fourth-order valence-corrected chi connectivity index (χ4v) is 3.57. The molecule has 0 aromatic carbocycles. The predicted molar refractivity (Wildman–Crippen MR) is 97.8 cm³/mol. The molecule has 1 aliphatic heterocycles. The maximum atomic E-state index is 6.22. The molecule has 22 heavy (non-hydrogen) atoms. The van der Waals surface area contributed by atoms with Crippen molar-refractivity contribution in [2.45, 2.75) is 77.8 Å². The Hall–Kier alpha value is 0.320. The monoisotopic (exact) mass is 330 g/mol. The predicted octanol–water partition coefficient (Wildman–Crippen LogP) is 2.28. The van der Waals surface area contributed by atoms with Gasteiger partial charge in [0, 0.05) is 12.4 Å². The summed E-state index contributed by atoms with van der Waals surface area (Å²) in [6.45, 7) is 11.2. The number of ether oxygens (including phenoxy) is 2. The maximum Gasteiger partial charge on any atom is 0.272 e. The van der Waals surface area contributed by atoms with Crippen LogP contribution in [0.15, 0.2) is 0 Å². The van der Waals surface area contributed by atoms with Gasteiger partial charge in [0.15, 0.2) is 0 Å². The van der Waals surface area contributed by atoms with Gasteiger partial charge < -0.3 is 18.8 Å². The second-order valence-electron chi connectivity index (χ2n) is 5.57. The zero-order valence-electron chi connectivity index (χ0n) is 14.9. The van der Waals surface area contributed by atoms with E-state index in [1.165, 1.54) is 0 Å². The summed E-state index contributed by atoms with van der Waals surface area (Å²) in [6.07, 6.45) is 2.16. The van der Waals surface area contributed by atoms with Gasteiger partial charge in [0.25, 0.3) is 15.0 Å². The lowest BCUT2D eigenvalue weighted by molar-refractivity contribution is -0.212. The molecule has 0 saturated carbocycles. The Labute approximate surface area is 141 Å². The van der Waals surface area contributed by atoms with Crippen LogP contribution in [0.1, 0.15) is 33.6 Å². The van der Waals surface area contributed by atoms with E-state index in [9.17, 15) is 0 Å². The zero-order chi connectivity index (χ0) is 16.4. The van der Waals surface area contributed by atoms with E-state index < -0.39 is 0 Å². The van der Waals surface area contributed by atoms with Gasteiger partial charge in [-0.25, -0.2) is 0 Å². The van der Waals surface area contributed by atoms with Gasteiger partial charge in [-0.1, -0.05) is 33.9 Å². The third-order valence-corrected chi connectivity index (χ3v) is 4.85. The molecule has 0 radical (unpaired) electrons. The highest BCUT2D eigenvalue weighted by Crippen LogP contribution is 2.29. The number of unbranched alkanes of at least 4 members (excludes halogenated alkanes) is 1. The highest BCUT2D eigenvalue weighted by molar-refractivity contribution is 7.99. The summed E-state index contributed by atoms with van der Waals surface area (Å²) in [4.78, 5) is 0.